The van der Waals surface area contributed by atoms with Gasteiger partial charge in [-0.25, -0.2) is 9.13 Å². The molecule has 16 nitrogen and oxygen atoms in total. The molecule has 5 unspecified atom stereocenters. The van der Waals surface area contributed by atoms with Crippen LogP contribution >= 0.6 is 15.6 Å². The van der Waals surface area contributed by atoms with Crippen molar-refractivity contribution in [2.24, 2.45) is 0 Å². The number of allylic oxidation sites excluding steroid dienone is 28. The van der Waals surface area contributed by atoms with Crippen LogP contribution in [0.5, 0.6) is 0 Å². The maximum absolute atomic E-state index is 13.1. The summed E-state index contributed by atoms with van der Waals surface area (Å²) in [6, 6.07) is 0. The topological polar surface area (TPSA) is 231 Å². The molecule has 18 heteroatoms. The Morgan fingerprint density at radius 1 is 0.232 bits per heavy atom. The van der Waals surface area contributed by atoms with Gasteiger partial charge >= 0.3 is 33.6 Å². The van der Waals surface area contributed by atoms with Gasteiger partial charge in [-0.2, -0.15) is 0 Å². The summed E-state index contributed by atoms with van der Waals surface area (Å²) < 4.78 is 61.6. The van der Waals surface area contributed by atoms with E-state index in [-0.39, 0.29) is 19.3 Å². The molecule has 0 spiro atoms. The number of carbonyl (C=O) groups excluding carboxylic acids is 3. The Kier molecular flexibility index (Phi) is 94.0. The number of unbranched alkanes of at least 4 members (excludes halogenated alkanes) is 44. The molecule has 0 bridgehead atoms. The first-order valence-corrected chi connectivity index (χ1v) is 53.4. The third kappa shape index (κ3) is 99.3. The molecule has 125 heavy (non-hydrogen) atoms. The summed E-state index contributed by atoms with van der Waals surface area (Å²) in [4.78, 5) is 59.1. The Morgan fingerprint density at radius 2 is 0.424 bits per heavy atom. The molecule has 718 valence electrons. The fraction of sp³-hybridized carbons (Fsp3) is 0.710. The summed E-state index contributed by atoms with van der Waals surface area (Å²) in [6.45, 7) is 2.47. The molecule has 0 aromatic heterocycles. The first kappa shape index (κ1) is 120. The maximum Gasteiger partial charge on any atom is 0.472 e. The molecule has 0 amide bonds. The van der Waals surface area contributed by atoms with Crippen LogP contribution < -0.4 is 0 Å². The number of hydrogen-bond acceptors (Lipinski definition) is 14. The van der Waals surface area contributed by atoms with Crippen molar-refractivity contribution >= 4 is 33.6 Å². The molecule has 0 saturated carbocycles. The lowest BCUT2D eigenvalue weighted by molar-refractivity contribution is -0.161. The van der Waals surface area contributed by atoms with Gasteiger partial charge in [0.2, 0.25) is 0 Å². The van der Waals surface area contributed by atoms with E-state index in [4.69, 9.17) is 32.3 Å². The van der Waals surface area contributed by atoms with Crippen molar-refractivity contribution in [3.05, 3.63) is 170 Å². The van der Waals surface area contributed by atoms with Crippen LogP contribution in [0.1, 0.15) is 432 Å². The summed E-state index contributed by atoms with van der Waals surface area (Å²) in [7, 11) is -9.82. The summed E-state index contributed by atoms with van der Waals surface area (Å²) >= 11 is 0. The van der Waals surface area contributed by atoms with Crippen LogP contribution in [-0.4, -0.2) is 95.9 Å². The van der Waals surface area contributed by atoms with Crippen molar-refractivity contribution in [1.29, 1.82) is 0 Å². The van der Waals surface area contributed by atoms with E-state index in [0.29, 0.717) is 19.3 Å². The zero-order valence-electron chi connectivity index (χ0n) is 79.5. The lowest BCUT2D eigenvalue weighted by atomic mass is 10.0. The minimum Gasteiger partial charge on any atom is -0.463 e. The predicted octanol–water partition coefficient (Wildman–Crippen LogP) is 31.8. The summed E-state index contributed by atoms with van der Waals surface area (Å²) in [5, 5.41) is 20.8. The lowest BCUT2D eigenvalue weighted by Gasteiger charge is -2.21. The van der Waals surface area contributed by atoms with Crippen LogP contribution in [0.4, 0.5) is 0 Å². The summed E-state index contributed by atoms with van der Waals surface area (Å²) in [5.74, 6) is -1.58. The lowest BCUT2D eigenvalue weighted by Crippen LogP contribution is -2.30. The fourth-order valence-corrected chi connectivity index (χ4v) is 15.4. The van der Waals surface area contributed by atoms with Gasteiger partial charge in [0.1, 0.15) is 25.4 Å². The average molecular weight is 1790 g/mol. The van der Waals surface area contributed by atoms with E-state index in [1.54, 1.807) is 0 Å². The molecular formula is C107H184O16P2. The zero-order chi connectivity index (χ0) is 90.7. The van der Waals surface area contributed by atoms with E-state index in [0.717, 1.165) is 161 Å². The molecule has 0 aromatic carbocycles. The molecule has 4 N–H and O–H groups in total. The average Bonchev–Trinajstić information content (AvgIpc) is 0.895. The summed E-state index contributed by atoms with van der Waals surface area (Å²) in [6.07, 6.45) is 129. The van der Waals surface area contributed by atoms with E-state index in [2.05, 4.69) is 191 Å². The monoisotopic (exact) mass is 1790 g/mol. The van der Waals surface area contributed by atoms with Gasteiger partial charge in [0, 0.05) is 19.3 Å². The van der Waals surface area contributed by atoms with E-state index in [1.165, 1.54) is 212 Å². The van der Waals surface area contributed by atoms with Crippen LogP contribution in [0.15, 0.2) is 170 Å². The van der Waals surface area contributed by atoms with E-state index in [9.17, 15) is 43.5 Å². The molecule has 0 fully saturated rings. The molecule has 0 saturated heterocycles. The van der Waals surface area contributed by atoms with Gasteiger partial charge in [0.25, 0.3) is 0 Å². The number of rotatable bonds is 95. The third-order valence-corrected chi connectivity index (χ3v) is 23.3. The van der Waals surface area contributed by atoms with Crippen molar-refractivity contribution in [1.82, 2.24) is 0 Å². The summed E-state index contributed by atoms with van der Waals surface area (Å²) in [5.41, 5.74) is 0. The Balaban J connectivity index is 4.52. The Morgan fingerprint density at radius 3 is 0.672 bits per heavy atom. The van der Waals surface area contributed by atoms with Crippen LogP contribution in [-0.2, 0) is 55.8 Å². The van der Waals surface area contributed by atoms with Crippen molar-refractivity contribution in [2.75, 3.05) is 39.6 Å². The van der Waals surface area contributed by atoms with Gasteiger partial charge < -0.3 is 34.2 Å². The largest absolute Gasteiger partial charge is 0.472 e. The normalized spacial score (nSPS) is 14.4. The number of aliphatic hydroxyl groups excluding tert-OH is 2. The number of ether oxygens (including phenoxy) is 3. The smallest absolute Gasteiger partial charge is 0.463 e. The van der Waals surface area contributed by atoms with Crippen LogP contribution in [0.3, 0.4) is 0 Å². The molecule has 0 rings (SSSR count). The zero-order valence-corrected chi connectivity index (χ0v) is 81.3. The van der Waals surface area contributed by atoms with Crippen LogP contribution in [0.2, 0.25) is 0 Å². The van der Waals surface area contributed by atoms with E-state index in [1.807, 2.05) is 0 Å². The van der Waals surface area contributed by atoms with Crippen molar-refractivity contribution in [3.63, 3.8) is 0 Å². The van der Waals surface area contributed by atoms with Crippen LogP contribution in [0, 0.1) is 0 Å². The fourth-order valence-electron chi connectivity index (χ4n) is 13.8. The number of phosphoric acid groups is 2. The van der Waals surface area contributed by atoms with E-state index >= 15 is 0 Å². The Bertz CT molecular complexity index is 2950. The highest BCUT2D eigenvalue weighted by atomic mass is 31.2. The second kappa shape index (κ2) is 98.0. The van der Waals surface area contributed by atoms with Crippen molar-refractivity contribution in [3.8, 4) is 0 Å². The quantitative estimate of drug-likeness (QED) is 0.0146. The van der Waals surface area contributed by atoms with Crippen LogP contribution in [0.25, 0.3) is 0 Å². The standard InChI is InChI=1S/C107H184O16P2/c1-4-7-10-13-16-19-22-25-28-31-34-37-39-41-43-45-47-49-50-52-54-55-57-59-61-64-66-69-72-75-78-81-84-87-90-93-105(110)117-96-102(108)97-119-124(113,114)120-98-103(109)99-121-125(115,116)122-101-104(123-107(112)95-92-89-86-83-80-77-74-71-68-63-36-33-30-27-24-21-18-15-12-9-6-3)100-118-106(111)94-91-88-85-82-79-76-73-70-67-65-62-60-58-56-53-51-48-46-44-42-40-38-35-32-29-26-23-20-17-14-11-8-5-2/h7-8,10-11,16-21,25-30,34-38,41-44,63,71,74,102-104,108-109H,4-6,9,12-15,22-24,31-33,39-40,45-62,64-70,72-73,75-101H2,1-3H3,(H,113,114)(H,115,116)/b10-7-,11-8-,19-16-,20-17-,21-18-,28-25-,29-26-,30-27-,37-34-,38-35-,43-41-,44-42-,63-36-,74-71-. The number of aliphatic hydroxyl groups is 2. The minimum atomic E-state index is -4.95. The van der Waals surface area contributed by atoms with Crippen molar-refractivity contribution < 1.29 is 75.8 Å². The third-order valence-electron chi connectivity index (χ3n) is 21.4. The maximum atomic E-state index is 13.1. The van der Waals surface area contributed by atoms with Gasteiger partial charge in [0.05, 0.1) is 26.4 Å². The van der Waals surface area contributed by atoms with Gasteiger partial charge in [0.15, 0.2) is 6.10 Å². The number of esters is 3. The number of hydrogen-bond donors (Lipinski definition) is 4. The van der Waals surface area contributed by atoms with Gasteiger partial charge in [-0.1, -0.05) is 428 Å². The van der Waals surface area contributed by atoms with E-state index < -0.39 is 91.5 Å². The molecule has 5 atom stereocenters. The number of carbonyl (C=O) groups is 3. The molecule has 0 aliphatic carbocycles. The predicted molar refractivity (Wildman–Crippen MR) is 528 cm³/mol. The molecule has 0 aliphatic heterocycles. The molecule has 0 aliphatic rings. The SMILES string of the molecule is CC/C=C\C/C=C\C/C=C\C/C=C\C/C=C\CCCCCCCCCCCCCCCCCCCCCC(=O)OCC(O)COP(=O)(O)OCC(O)COP(=O)(O)OCC(COC(=O)CCCCCCCCCCCCCCCCCCC/C=C\C/C=C\C/C=C\C/C=C\C/C=C\CC)OC(=O)CCCCCCC/C=C\C/C=C\C/C=C\C/C=C\CCCCC. The molecule has 0 radical (unpaired) electrons. The first-order valence-electron chi connectivity index (χ1n) is 50.4. The highest BCUT2D eigenvalue weighted by Gasteiger charge is 2.30. The Labute approximate surface area is 764 Å². The second-order valence-corrected chi connectivity index (χ2v) is 36.4. The van der Waals surface area contributed by atoms with Gasteiger partial charge in [-0.15, -0.1) is 0 Å². The molecule has 0 aromatic rings. The minimum absolute atomic E-state index is 0.0818. The van der Waals surface area contributed by atoms with Gasteiger partial charge in [-0.05, 0) is 154 Å². The van der Waals surface area contributed by atoms with Gasteiger partial charge in [-0.3, -0.25) is 32.5 Å². The number of phosphoric ester groups is 2. The highest BCUT2D eigenvalue weighted by Crippen LogP contribution is 2.45. The second-order valence-electron chi connectivity index (χ2n) is 33.5. The van der Waals surface area contributed by atoms with Crippen molar-refractivity contribution in [2.45, 2.75) is 450 Å². The first-order chi connectivity index (χ1) is 61.2. The molecule has 0 heterocycles. The highest BCUT2D eigenvalue weighted by molar-refractivity contribution is 7.47. The molecular weight excluding hydrogens is 1600 g/mol. The Hall–Kier alpha value is -5.09.